The number of rotatable bonds is 8. The molecule has 3 heterocycles. The van der Waals surface area contributed by atoms with E-state index < -0.39 is 60.4 Å². The van der Waals surface area contributed by atoms with Crippen LogP contribution in [0.3, 0.4) is 0 Å². The smallest absolute Gasteiger partial charge is 0.386 e. The number of halogens is 2. The van der Waals surface area contributed by atoms with Crippen LogP contribution in [-0.2, 0) is 31.6 Å². The van der Waals surface area contributed by atoms with E-state index in [0.717, 1.165) is 17.8 Å². The Bertz CT molecular complexity index is 1350. The molecule has 0 radical (unpaired) electrons. The second-order valence-electron chi connectivity index (χ2n) is 7.09. The van der Waals surface area contributed by atoms with Crippen LogP contribution in [0.4, 0.5) is 14.7 Å². The Labute approximate surface area is 199 Å². The number of nitrogen functional groups attached to an aromatic ring is 1. The average Bonchev–Trinajstić information content (AvgIpc) is 3.22. The molecular formula is C14H18F2N5O12P3. The molecule has 1 saturated heterocycles. The number of nitrogens with zero attached hydrogens (tertiary/aromatic N) is 4. The van der Waals surface area contributed by atoms with Gasteiger partial charge in [-0.3, -0.25) is 9.09 Å². The molecule has 3 rings (SSSR count). The molecular weight excluding hydrogens is 561 g/mol. The van der Waals surface area contributed by atoms with Crippen molar-refractivity contribution in [2.24, 2.45) is 0 Å². The van der Waals surface area contributed by atoms with Gasteiger partial charge in [0.25, 0.3) is 0 Å². The second-order valence-corrected chi connectivity index (χ2v) is 11.5. The molecule has 1 fully saturated rings. The van der Waals surface area contributed by atoms with Crippen LogP contribution in [0.25, 0.3) is 11.2 Å². The number of alkyl halides is 2. The van der Waals surface area contributed by atoms with E-state index in [1.807, 2.05) is 11.8 Å². The Kier molecular flexibility index (Phi) is 8.05. The summed E-state index contributed by atoms with van der Waals surface area (Å²) in [5.41, 5.74) is 2.49. The van der Waals surface area contributed by atoms with E-state index in [4.69, 9.17) is 20.3 Å². The number of aromatic nitrogens is 4. The van der Waals surface area contributed by atoms with Crippen LogP contribution in [0, 0.1) is 11.8 Å². The normalized spacial score (nSPS) is 28.7. The lowest BCUT2D eigenvalue weighted by Crippen LogP contribution is -2.44. The van der Waals surface area contributed by atoms with Gasteiger partial charge < -0.3 is 35.2 Å². The zero-order valence-electron chi connectivity index (χ0n) is 17.7. The SMILES string of the molecule is C[C@@H](OP(=O)(O)OP(=O)(O)OP(=O)(O)O)[C@H]1O[C@@H](n2cnc3cnc(N)nc32)C(F)(C#CCF)[C@H]1O. The van der Waals surface area contributed by atoms with Crippen molar-refractivity contribution in [1.82, 2.24) is 19.5 Å². The fraction of sp³-hybridized carbons (Fsp3) is 0.500. The first-order valence-corrected chi connectivity index (χ1v) is 13.9. The lowest BCUT2D eigenvalue weighted by Gasteiger charge is -2.25. The summed E-state index contributed by atoms with van der Waals surface area (Å²) in [5.74, 6) is 3.47. The van der Waals surface area contributed by atoms with Crippen LogP contribution in [0.2, 0.25) is 0 Å². The number of aliphatic hydroxyl groups excluding tert-OH is 1. The fourth-order valence-corrected chi connectivity index (χ4v) is 6.43. The molecule has 3 unspecified atom stereocenters. The fourth-order valence-electron chi connectivity index (χ4n) is 3.23. The number of phosphoric acid groups is 3. The molecule has 22 heteroatoms. The first-order valence-electron chi connectivity index (χ1n) is 9.34. The highest BCUT2D eigenvalue weighted by atomic mass is 31.3. The quantitative estimate of drug-likeness (QED) is 0.179. The third-order valence-corrected chi connectivity index (χ3v) is 8.43. The number of hydrogen-bond donors (Lipinski definition) is 6. The van der Waals surface area contributed by atoms with Crippen molar-refractivity contribution in [2.45, 2.75) is 37.1 Å². The molecule has 0 amide bonds. The summed E-state index contributed by atoms with van der Waals surface area (Å²) in [4.78, 5) is 47.7. The summed E-state index contributed by atoms with van der Waals surface area (Å²) in [6, 6.07) is 0. The number of hydrogen-bond acceptors (Lipinski definition) is 12. The molecule has 0 spiro atoms. The first kappa shape index (κ1) is 28.7. The van der Waals surface area contributed by atoms with Gasteiger partial charge in [0.1, 0.15) is 24.4 Å². The van der Waals surface area contributed by atoms with E-state index in [1.165, 1.54) is 6.20 Å². The Balaban J connectivity index is 1.91. The van der Waals surface area contributed by atoms with Crippen LogP contribution >= 0.6 is 23.5 Å². The van der Waals surface area contributed by atoms with Gasteiger partial charge >= 0.3 is 23.5 Å². The van der Waals surface area contributed by atoms with Crippen molar-refractivity contribution in [3.8, 4) is 11.8 Å². The minimum Gasteiger partial charge on any atom is -0.386 e. The molecule has 200 valence electrons. The minimum absolute atomic E-state index is 0.0787. The van der Waals surface area contributed by atoms with Crippen LogP contribution in [0.1, 0.15) is 13.2 Å². The third kappa shape index (κ3) is 6.32. The van der Waals surface area contributed by atoms with Crippen molar-refractivity contribution in [2.75, 3.05) is 12.4 Å². The Morgan fingerprint density at radius 3 is 2.53 bits per heavy atom. The molecule has 1 aliphatic heterocycles. The van der Waals surface area contributed by atoms with Crippen molar-refractivity contribution < 1.29 is 65.0 Å². The highest BCUT2D eigenvalue weighted by molar-refractivity contribution is 7.66. The average molecular weight is 579 g/mol. The van der Waals surface area contributed by atoms with Crippen LogP contribution in [-0.4, -0.2) is 74.9 Å². The molecule has 0 aromatic carbocycles. The predicted octanol–water partition coefficient (Wildman–Crippen LogP) is 0.0798. The molecule has 2 aromatic heterocycles. The number of aliphatic hydroxyl groups is 1. The van der Waals surface area contributed by atoms with Gasteiger partial charge in [-0.15, -0.1) is 0 Å². The van der Waals surface area contributed by atoms with E-state index >= 15 is 4.39 Å². The summed E-state index contributed by atoms with van der Waals surface area (Å²) in [5, 5.41) is 10.6. The van der Waals surface area contributed by atoms with Crippen molar-refractivity contribution in [1.29, 1.82) is 0 Å². The number of imidazole rings is 1. The van der Waals surface area contributed by atoms with E-state index in [9.17, 15) is 33.0 Å². The Morgan fingerprint density at radius 1 is 1.25 bits per heavy atom. The van der Waals surface area contributed by atoms with E-state index in [1.54, 1.807) is 0 Å². The standard InChI is InChI=1S/C14H18F2N5O12P3/c1-7(31-35(26,27)33-36(28,29)32-34(23,24)25)9-10(22)14(16,3-2-4-15)12(30-9)21-6-19-8-5-18-13(17)20-11(8)21/h5-7,9-10,12,22H,4H2,1H3,(H,26,27)(H,28,29)(H2,17,18,20)(H2,23,24,25)/t7-,9-,10+,12-,14?/m1/s1. The number of phosphoric ester groups is 1. The van der Waals surface area contributed by atoms with E-state index in [0.29, 0.717) is 0 Å². The summed E-state index contributed by atoms with van der Waals surface area (Å²) in [6.07, 6.45) is -5.66. The minimum atomic E-state index is -5.84. The van der Waals surface area contributed by atoms with Gasteiger partial charge in [0.2, 0.25) is 11.6 Å². The summed E-state index contributed by atoms with van der Waals surface area (Å²) >= 11 is 0. The lowest BCUT2D eigenvalue weighted by atomic mass is 9.94. The monoisotopic (exact) mass is 579 g/mol. The highest BCUT2D eigenvalue weighted by Crippen LogP contribution is 2.66. The topological polar surface area (TPSA) is 259 Å². The third-order valence-electron chi connectivity index (χ3n) is 4.50. The molecule has 36 heavy (non-hydrogen) atoms. The summed E-state index contributed by atoms with van der Waals surface area (Å²) in [6.45, 7) is -0.365. The van der Waals surface area contributed by atoms with Crippen molar-refractivity contribution in [3.63, 3.8) is 0 Å². The van der Waals surface area contributed by atoms with Gasteiger partial charge in [-0.2, -0.15) is 13.6 Å². The zero-order valence-corrected chi connectivity index (χ0v) is 20.4. The first-order chi connectivity index (χ1) is 16.5. The largest absolute Gasteiger partial charge is 0.490 e. The van der Waals surface area contributed by atoms with Crippen LogP contribution < -0.4 is 5.73 Å². The van der Waals surface area contributed by atoms with Crippen molar-refractivity contribution >= 4 is 40.6 Å². The predicted molar refractivity (Wildman–Crippen MR) is 112 cm³/mol. The molecule has 0 bridgehead atoms. The van der Waals surface area contributed by atoms with E-state index in [-0.39, 0.29) is 17.1 Å². The second kappa shape index (κ2) is 10.1. The van der Waals surface area contributed by atoms with Gasteiger partial charge in [-0.25, -0.2) is 32.4 Å². The zero-order chi connectivity index (χ0) is 27.1. The Morgan fingerprint density at radius 2 is 1.92 bits per heavy atom. The van der Waals surface area contributed by atoms with Gasteiger partial charge in [-0.05, 0) is 6.92 Å². The number of nitrogens with two attached hydrogens (primary N) is 1. The number of fused-ring (bicyclic) bond motifs is 1. The van der Waals surface area contributed by atoms with Gasteiger partial charge in [0.05, 0.1) is 18.6 Å². The summed E-state index contributed by atoms with van der Waals surface area (Å²) in [7, 11) is -17.2. The number of anilines is 1. The molecule has 7 N–H and O–H groups in total. The maximum atomic E-state index is 16.0. The maximum Gasteiger partial charge on any atom is 0.490 e. The van der Waals surface area contributed by atoms with Crippen molar-refractivity contribution in [3.05, 3.63) is 12.5 Å². The number of ether oxygens (including phenoxy) is 1. The van der Waals surface area contributed by atoms with E-state index in [2.05, 4.69) is 28.1 Å². The molecule has 1 aliphatic rings. The molecule has 0 saturated carbocycles. The molecule has 2 aromatic rings. The van der Waals surface area contributed by atoms with Gasteiger partial charge in [0.15, 0.2) is 11.9 Å². The molecule has 17 nitrogen and oxygen atoms in total. The maximum absolute atomic E-state index is 16.0. The highest BCUT2D eigenvalue weighted by Gasteiger charge is 2.60. The van der Waals surface area contributed by atoms with Crippen LogP contribution in [0.5, 0.6) is 0 Å². The molecule has 7 atom stereocenters. The van der Waals surface area contributed by atoms with Gasteiger partial charge in [-0.1, -0.05) is 11.8 Å². The van der Waals surface area contributed by atoms with Gasteiger partial charge in [0, 0.05) is 0 Å². The summed E-state index contributed by atoms with van der Waals surface area (Å²) < 4.78 is 81.3. The van der Waals surface area contributed by atoms with Crippen LogP contribution in [0.15, 0.2) is 12.5 Å². The Hall–Kier alpha value is -1.90. The lowest BCUT2D eigenvalue weighted by molar-refractivity contribution is -0.0754. The molecule has 0 aliphatic carbocycles.